The van der Waals surface area contributed by atoms with Crippen LogP contribution in [0.2, 0.25) is 10.0 Å². The third-order valence-electron chi connectivity index (χ3n) is 4.95. The van der Waals surface area contributed by atoms with Crippen LogP contribution in [-0.4, -0.2) is 43.4 Å². The van der Waals surface area contributed by atoms with Gasteiger partial charge in [-0.15, -0.1) is 0 Å². The van der Waals surface area contributed by atoms with Gasteiger partial charge in [0.2, 0.25) is 0 Å². The van der Waals surface area contributed by atoms with E-state index in [0.29, 0.717) is 40.3 Å². The maximum atomic E-state index is 13.3. The Morgan fingerprint density at radius 3 is 2.43 bits per heavy atom. The highest BCUT2D eigenvalue weighted by atomic mass is 35.5. The minimum Gasteiger partial charge on any atom is -0.493 e. The molecule has 0 spiro atoms. The van der Waals surface area contributed by atoms with Crippen LogP contribution in [0.15, 0.2) is 42.5 Å². The zero-order valence-corrected chi connectivity index (χ0v) is 19.3. The molecule has 0 bridgehead atoms. The Morgan fingerprint density at radius 2 is 1.87 bits per heavy atom. The molecular weight excluding hydrogens is 445 g/mol. The quantitative estimate of drug-likeness (QED) is 0.580. The molecule has 0 aromatic heterocycles. The van der Waals surface area contributed by atoms with Gasteiger partial charge in [0.05, 0.1) is 18.1 Å². The SMILES string of the molecule is CC(C)COc1ccc(C(=O)N(Cc2ccc(Cl)cc2Cl)[C@@H]2CCS(=O)(=O)C2)cc1. The summed E-state index contributed by atoms with van der Waals surface area (Å²) in [5.74, 6) is 0.891. The number of hydrogen-bond acceptors (Lipinski definition) is 4. The molecule has 1 atom stereocenters. The van der Waals surface area contributed by atoms with E-state index >= 15 is 0 Å². The second-order valence-corrected chi connectivity index (χ2v) is 11.0. The average Bonchev–Trinajstić information content (AvgIpc) is 3.05. The van der Waals surface area contributed by atoms with E-state index in [1.54, 1.807) is 47.4 Å². The molecule has 0 N–H and O–H groups in total. The molecule has 1 heterocycles. The fourth-order valence-electron chi connectivity index (χ4n) is 3.34. The Kier molecular flexibility index (Phi) is 7.32. The normalized spacial score (nSPS) is 17.8. The molecule has 0 radical (unpaired) electrons. The van der Waals surface area contributed by atoms with Gasteiger partial charge in [0.15, 0.2) is 9.84 Å². The molecule has 8 heteroatoms. The Balaban J connectivity index is 1.84. The van der Waals surface area contributed by atoms with E-state index in [4.69, 9.17) is 27.9 Å². The summed E-state index contributed by atoms with van der Waals surface area (Å²) in [5, 5.41) is 0.945. The maximum Gasteiger partial charge on any atom is 0.254 e. The van der Waals surface area contributed by atoms with E-state index in [2.05, 4.69) is 13.8 Å². The molecule has 1 aliphatic heterocycles. The van der Waals surface area contributed by atoms with Crippen LogP contribution in [0.4, 0.5) is 0 Å². The molecular formula is C22H25Cl2NO4S. The molecule has 162 valence electrons. The monoisotopic (exact) mass is 469 g/mol. The van der Waals surface area contributed by atoms with E-state index in [1.165, 1.54) is 0 Å². The third kappa shape index (κ3) is 5.90. The van der Waals surface area contributed by atoms with Crippen LogP contribution >= 0.6 is 23.2 Å². The first-order chi connectivity index (χ1) is 14.1. The van der Waals surface area contributed by atoms with Crippen LogP contribution in [0.25, 0.3) is 0 Å². The fraction of sp³-hybridized carbons (Fsp3) is 0.409. The van der Waals surface area contributed by atoms with Gasteiger partial charge in [0, 0.05) is 28.2 Å². The van der Waals surface area contributed by atoms with Crippen LogP contribution in [0, 0.1) is 5.92 Å². The largest absolute Gasteiger partial charge is 0.493 e. The number of benzene rings is 2. The second-order valence-electron chi connectivity index (χ2n) is 7.95. The zero-order valence-electron chi connectivity index (χ0n) is 17.0. The minimum atomic E-state index is -3.16. The molecule has 1 fully saturated rings. The standard InChI is InChI=1S/C22H25Cl2NO4S/c1-15(2)13-29-20-7-4-16(5-8-20)22(26)25(19-9-10-30(27,28)14-19)12-17-3-6-18(23)11-21(17)24/h3-8,11,15,19H,9-10,12-14H2,1-2H3/t19-/m1/s1. The Morgan fingerprint density at radius 1 is 1.17 bits per heavy atom. The van der Waals surface area contributed by atoms with Gasteiger partial charge >= 0.3 is 0 Å². The lowest BCUT2D eigenvalue weighted by atomic mass is 10.1. The van der Waals surface area contributed by atoms with Gasteiger partial charge in [-0.25, -0.2) is 8.42 Å². The van der Waals surface area contributed by atoms with Gasteiger partial charge in [0.25, 0.3) is 5.91 Å². The van der Waals surface area contributed by atoms with E-state index in [9.17, 15) is 13.2 Å². The van der Waals surface area contributed by atoms with Crippen molar-refractivity contribution in [2.24, 2.45) is 5.92 Å². The molecule has 5 nitrogen and oxygen atoms in total. The van der Waals surface area contributed by atoms with Crippen molar-refractivity contribution in [3.63, 3.8) is 0 Å². The number of rotatable bonds is 7. The van der Waals surface area contributed by atoms with Crippen LogP contribution < -0.4 is 4.74 Å². The maximum absolute atomic E-state index is 13.3. The molecule has 3 rings (SSSR count). The average molecular weight is 470 g/mol. The molecule has 2 aromatic carbocycles. The number of sulfone groups is 1. The number of halogens is 2. The lowest BCUT2D eigenvalue weighted by Gasteiger charge is -2.29. The van der Waals surface area contributed by atoms with E-state index in [0.717, 1.165) is 5.56 Å². The lowest BCUT2D eigenvalue weighted by molar-refractivity contribution is 0.0681. The van der Waals surface area contributed by atoms with Gasteiger partial charge in [-0.1, -0.05) is 43.1 Å². The molecule has 30 heavy (non-hydrogen) atoms. The summed E-state index contributed by atoms with van der Waals surface area (Å²) >= 11 is 12.3. The number of carbonyl (C=O) groups is 1. The first kappa shape index (κ1) is 22.9. The van der Waals surface area contributed by atoms with Crippen molar-refractivity contribution in [3.05, 3.63) is 63.6 Å². The lowest BCUT2D eigenvalue weighted by Crippen LogP contribution is -2.40. The molecule has 1 aliphatic rings. The van der Waals surface area contributed by atoms with Gasteiger partial charge < -0.3 is 9.64 Å². The van der Waals surface area contributed by atoms with Crippen molar-refractivity contribution in [3.8, 4) is 5.75 Å². The summed E-state index contributed by atoms with van der Waals surface area (Å²) in [7, 11) is -3.16. The summed E-state index contributed by atoms with van der Waals surface area (Å²) in [6, 6.07) is 11.6. The Labute approximate surface area is 187 Å². The summed E-state index contributed by atoms with van der Waals surface area (Å²) in [4.78, 5) is 14.9. The Hall–Kier alpha value is -1.76. The highest BCUT2D eigenvalue weighted by Crippen LogP contribution is 2.27. The molecule has 0 unspecified atom stereocenters. The molecule has 2 aromatic rings. The zero-order chi connectivity index (χ0) is 21.9. The highest BCUT2D eigenvalue weighted by Gasteiger charge is 2.35. The predicted molar refractivity (Wildman–Crippen MR) is 120 cm³/mol. The number of amides is 1. The number of hydrogen-bond donors (Lipinski definition) is 0. The topological polar surface area (TPSA) is 63.7 Å². The summed E-state index contributed by atoms with van der Waals surface area (Å²) in [5.41, 5.74) is 1.19. The Bertz CT molecular complexity index is 1010. The molecule has 1 saturated heterocycles. The van der Waals surface area contributed by atoms with Crippen molar-refractivity contribution in [1.29, 1.82) is 0 Å². The van der Waals surface area contributed by atoms with Crippen LogP contribution in [0.5, 0.6) is 5.75 Å². The van der Waals surface area contributed by atoms with E-state index < -0.39 is 15.9 Å². The minimum absolute atomic E-state index is 0.0421. The van der Waals surface area contributed by atoms with Gasteiger partial charge in [-0.2, -0.15) is 0 Å². The second kappa shape index (κ2) is 9.58. The predicted octanol–water partition coefficient (Wildman–Crippen LogP) is 4.86. The smallest absolute Gasteiger partial charge is 0.254 e. The van der Waals surface area contributed by atoms with E-state index in [1.807, 2.05) is 0 Å². The summed E-state index contributed by atoms with van der Waals surface area (Å²) in [6.45, 7) is 4.93. The van der Waals surface area contributed by atoms with Crippen molar-refractivity contribution >= 4 is 38.9 Å². The first-order valence-corrected chi connectivity index (χ1v) is 12.4. The van der Waals surface area contributed by atoms with E-state index in [-0.39, 0.29) is 24.0 Å². The van der Waals surface area contributed by atoms with Crippen LogP contribution in [0.3, 0.4) is 0 Å². The molecule has 0 saturated carbocycles. The third-order valence-corrected chi connectivity index (χ3v) is 7.29. The number of ether oxygens (including phenoxy) is 1. The van der Waals surface area contributed by atoms with Gasteiger partial charge in [-0.3, -0.25) is 4.79 Å². The molecule has 1 amide bonds. The van der Waals surface area contributed by atoms with Crippen molar-refractivity contribution in [1.82, 2.24) is 4.90 Å². The van der Waals surface area contributed by atoms with Gasteiger partial charge in [-0.05, 0) is 54.3 Å². The van der Waals surface area contributed by atoms with Crippen LogP contribution in [0.1, 0.15) is 36.2 Å². The van der Waals surface area contributed by atoms with Crippen molar-refractivity contribution in [2.75, 3.05) is 18.1 Å². The fourth-order valence-corrected chi connectivity index (χ4v) is 5.54. The number of carbonyl (C=O) groups excluding carboxylic acids is 1. The van der Waals surface area contributed by atoms with Crippen molar-refractivity contribution in [2.45, 2.75) is 32.9 Å². The van der Waals surface area contributed by atoms with Crippen LogP contribution in [-0.2, 0) is 16.4 Å². The highest BCUT2D eigenvalue weighted by molar-refractivity contribution is 7.91. The molecule has 0 aliphatic carbocycles. The summed E-state index contributed by atoms with van der Waals surface area (Å²) < 4.78 is 29.8. The van der Waals surface area contributed by atoms with Crippen molar-refractivity contribution < 1.29 is 17.9 Å². The van der Waals surface area contributed by atoms with Gasteiger partial charge in [0.1, 0.15) is 5.75 Å². The number of nitrogens with zero attached hydrogens (tertiary/aromatic N) is 1. The first-order valence-electron chi connectivity index (χ1n) is 9.83. The summed E-state index contributed by atoms with van der Waals surface area (Å²) in [6.07, 6.45) is 0.412.